The molecule has 1 aliphatic heterocycles. The lowest BCUT2D eigenvalue weighted by atomic mass is 10.2. The summed E-state index contributed by atoms with van der Waals surface area (Å²) < 4.78 is 31.5. The Balaban J connectivity index is 2.60. The molecule has 0 N–H and O–H groups in total. The molecule has 0 aromatic rings. The Kier molecular flexibility index (Phi) is 4.92. The number of carbonyl (C=O) groups excluding carboxylic acids is 1. The molecule has 6 heteroatoms. The van der Waals surface area contributed by atoms with Gasteiger partial charge in [-0.15, -0.1) is 11.6 Å². The van der Waals surface area contributed by atoms with E-state index in [-0.39, 0.29) is 31.2 Å². The zero-order valence-electron chi connectivity index (χ0n) is 9.22. The molecule has 0 aromatic carbocycles. The molecule has 1 aliphatic rings. The van der Waals surface area contributed by atoms with Crippen molar-refractivity contribution in [2.45, 2.75) is 31.7 Å². The van der Waals surface area contributed by atoms with Gasteiger partial charge < -0.3 is 9.64 Å². The van der Waals surface area contributed by atoms with Gasteiger partial charge in [0, 0.05) is 25.3 Å². The molecule has 3 nitrogen and oxygen atoms in total. The van der Waals surface area contributed by atoms with E-state index in [1.807, 2.05) is 0 Å². The predicted octanol–water partition coefficient (Wildman–Crippen LogP) is 1.89. The number of hydrogen-bond acceptors (Lipinski definition) is 2. The lowest BCUT2D eigenvalue weighted by Gasteiger charge is -2.23. The Morgan fingerprint density at radius 1 is 1.62 bits per heavy atom. The summed E-state index contributed by atoms with van der Waals surface area (Å²) in [4.78, 5) is 12.8. The highest BCUT2D eigenvalue weighted by atomic mass is 35.5. The monoisotopic (exact) mass is 255 g/mol. The molecule has 0 spiro atoms. The third-order valence-corrected chi connectivity index (χ3v) is 2.71. The van der Waals surface area contributed by atoms with E-state index < -0.39 is 18.5 Å². The first-order valence-electron chi connectivity index (χ1n) is 5.31. The van der Waals surface area contributed by atoms with Crippen LogP contribution in [0.5, 0.6) is 0 Å². The number of hydrogen-bond donors (Lipinski definition) is 0. The molecule has 1 saturated heterocycles. The smallest absolute Gasteiger partial charge is 0.267 e. The van der Waals surface area contributed by atoms with Crippen LogP contribution in [0.3, 0.4) is 0 Å². The summed E-state index contributed by atoms with van der Waals surface area (Å²) in [7, 11) is 0. The molecule has 1 fully saturated rings. The highest BCUT2D eigenvalue weighted by Crippen LogP contribution is 2.32. The topological polar surface area (TPSA) is 29.5 Å². The van der Waals surface area contributed by atoms with Crippen LogP contribution < -0.4 is 0 Å². The van der Waals surface area contributed by atoms with Gasteiger partial charge in [-0.1, -0.05) is 0 Å². The van der Waals surface area contributed by atoms with Gasteiger partial charge in [0.05, 0.1) is 19.2 Å². The summed E-state index contributed by atoms with van der Waals surface area (Å²) in [6.07, 6.45) is -0.221. The average Bonchev–Trinajstić information content (AvgIpc) is 2.51. The zero-order valence-corrected chi connectivity index (χ0v) is 9.97. The van der Waals surface area contributed by atoms with Crippen molar-refractivity contribution in [1.29, 1.82) is 0 Å². The van der Waals surface area contributed by atoms with E-state index in [1.54, 1.807) is 6.92 Å². The van der Waals surface area contributed by atoms with Crippen molar-refractivity contribution in [2.24, 2.45) is 0 Å². The quantitative estimate of drug-likeness (QED) is 0.702. The molecular weight excluding hydrogens is 240 g/mol. The van der Waals surface area contributed by atoms with Crippen molar-refractivity contribution in [1.82, 2.24) is 4.90 Å². The number of ether oxygens (including phenoxy) is 1. The highest BCUT2D eigenvalue weighted by molar-refractivity contribution is 6.18. The van der Waals surface area contributed by atoms with Gasteiger partial charge in [0.2, 0.25) is 5.91 Å². The minimum Gasteiger partial charge on any atom is -0.380 e. The zero-order chi connectivity index (χ0) is 12.2. The first-order chi connectivity index (χ1) is 7.50. The number of amides is 1. The van der Waals surface area contributed by atoms with Crippen LogP contribution >= 0.6 is 11.6 Å². The fraction of sp³-hybridized carbons (Fsp3) is 0.900. The predicted molar refractivity (Wildman–Crippen MR) is 56.9 cm³/mol. The number of nitrogens with zero attached hydrogens (tertiary/aromatic N) is 1. The van der Waals surface area contributed by atoms with E-state index >= 15 is 0 Å². The first-order valence-corrected chi connectivity index (χ1v) is 5.84. The SMILES string of the molecule is CCOCC1CC(F)(F)CN1C(=O)CCCl. The Labute approximate surface area is 98.7 Å². The van der Waals surface area contributed by atoms with Crippen molar-refractivity contribution in [3.05, 3.63) is 0 Å². The van der Waals surface area contributed by atoms with Gasteiger partial charge in [0.25, 0.3) is 5.92 Å². The molecule has 1 atom stereocenters. The number of halogens is 3. The standard InChI is InChI=1S/C10H16ClF2NO2/c1-2-16-6-8-5-10(12,13)7-14(8)9(15)3-4-11/h8H,2-7H2,1H3. The van der Waals surface area contributed by atoms with E-state index in [4.69, 9.17) is 16.3 Å². The van der Waals surface area contributed by atoms with Gasteiger partial charge >= 0.3 is 0 Å². The van der Waals surface area contributed by atoms with Crippen molar-refractivity contribution < 1.29 is 18.3 Å². The van der Waals surface area contributed by atoms with E-state index in [0.29, 0.717) is 6.61 Å². The summed E-state index contributed by atoms with van der Waals surface area (Å²) >= 11 is 5.43. The van der Waals surface area contributed by atoms with Gasteiger partial charge in [-0.05, 0) is 6.92 Å². The molecule has 1 amide bonds. The maximum atomic E-state index is 13.2. The van der Waals surface area contributed by atoms with Gasteiger partial charge in [-0.25, -0.2) is 8.78 Å². The van der Waals surface area contributed by atoms with Crippen molar-refractivity contribution in [3.8, 4) is 0 Å². The second-order valence-corrected chi connectivity index (χ2v) is 4.21. The average molecular weight is 256 g/mol. The molecule has 0 radical (unpaired) electrons. The largest absolute Gasteiger partial charge is 0.380 e. The van der Waals surface area contributed by atoms with Gasteiger partial charge in [0.15, 0.2) is 0 Å². The molecular formula is C10H16ClF2NO2. The molecule has 1 rings (SSSR count). The molecule has 94 valence electrons. The van der Waals surface area contributed by atoms with Crippen LogP contribution in [0.15, 0.2) is 0 Å². The third-order valence-electron chi connectivity index (χ3n) is 2.52. The lowest BCUT2D eigenvalue weighted by molar-refractivity contribution is -0.133. The van der Waals surface area contributed by atoms with Crippen LogP contribution in [-0.4, -0.2) is 48.4 Å². The maximum Gasteiger partial charge on any atom is 0.267 e. The van der Waals surface area contributed by atoms with Gasteiger partial charge in [-0.2, -0.15) is 0 Å². The minimum absolute atomic E-state index is 0.0975. The Morgan fingerprint density at radius 3 is 2.88 bits per heavy atom. The normalized spacial score (nSPS) is 23.8. The van der Waals surface area contributed by atoms with Crippen molar-refractivity contribution >= 4 is 17.5 Å². The molecule has 0 aliphatic carbocycles. The van der Waals surface area contributed by atoms with E-state index in [2.05, 4.69) is 0 Å². The summed E-state index contributed by atoms with van der Waals surface area (Å²) in [6.45, 7) is 1.90. The van der Waals surface area contributed by atoms with Crippen LogP contribution in [0, 0.1) is 0 Å². The summed E-state index contributed by atoms with van der Waals surface area (Å²) in [5, 5.41) is 0. The number of alkyl halides is 3. The van der Waals surface area contributed by atoms with Crippen LogP contribution in [0.1, 0.15) is 19.8 Å². The summed E-state index contributed by atoms with van der Waals surface area (Å²) in [5.41, 5.74) is 0. The molecule has 16 heavy (non-hydrogen) atoms. The van der Waals surface area contributed by atoms with Crippen LogP contribution in [0.2, 0.25) is 0 Å². The number of rotatable bonds is 5. The molecule has 1 unspecified atom stereocenters. The van der Waals surface area contributed by atoms with E-state index in [1.165, 1.54) is 4.90 Å². The highest BCUT2D eigenvalue weighted by Gasteiger charge is 2.46. The Bertz CT molecular complexity index is 251. The van der Waals surface area contributed by atoms with Crippen LogP contribution in [0.25, 0.3) is 0 Å². The van der Waals surface area contributed by atoms with E-state index in [0.717, 1.165) is 0 Å². The lowest BCUT2D eigenvalue weighted by Crippen LogP contribution is -2.39. The fourth-order valence-electron chi connectivity index (χ4n) is 1.82. The second kappa shape index (κ2) is 5.77. The van der Waals surface area contributed by atoms with Crippen molar-refractivity contribution in [3.63, 3.8) is 0 Å². The van der Waals surface area contributed by atoms with Crippen LogP contribution in [0.4, 0.5) is 8.78 Å². The second-order valence-electron chi connectivity index (χ2n) is 3.83. The minimum atomic E-state index is -2.80. The fourth-order valence-corrected chi connectivity index (χ4v) is 1.98. The first kappa shape index (κ1) is 13.6. The molecule has 1 heterocycles. The molecule has 0 saturated carbocycles. The molecule has 0 bridgehead atoms. The van der Waals surface area contributed by atoms with Gasteiger partial charge in [0.1, 0.15) is 0 Å². The van der Waals surface area contributed by atoms with Crippen LogP contribution in [-0.2, 0) is 9.53 Å². The maximum absolute atomic E-state index is 13.2. The Morgan fingerprint density at radius 2 is 2.31 bits per heavy atom. The van der Waals surface area contributed by atoms with Crippen molar-refractivity contribution in [2.75, 3.05) is 25.6 Å². The van der Waals surface area contributed by atoms with E-state index in [9.17, 15) is 13.6 Å². The number of likely N-dealkylation sites (tertiary alicyclic amines) is 1. The number of carbonyl (C=O) groups is 1. The molecule has 0 aromatic heterocycles. The third kappa shape index (κ3) is 3.56. The summed E-state index contributed by atoms with van der Waals surface area (Å²) in [6, 6.07) is -0.523. The van der Waals surface area contributed by atoms with Gasteiger partial charge in [-0.3, -0.25) is 4.79 Å². The summed E-state index contributed by atoms with van der Waals surface area (Å²) in [5.74, 6) is -2.97. The Hall–Kier alpha value is -0.420.